The Balaban J connectivity index is 2.11. The Morgan fingerprint density at radius 2 is 2.17 bits per heavy atom. The molecule has 0 aromatic carbocycles. The SMILES string of the molecule is SN1CCC(c2ccncc2)C1. The van der Waals surface area contributed by atoms with Crippen molar-refractivity contribution in [1.82, 2.24) is 9.29 Å². The van der Waals surface area contributed by atoms with Crippen molar-refractivity contribution >= 4 is 12.8 Å². The van der Waals surface area contributed by atoms with Gasteiger partial charge in [-0.05, 0) is 30.0 Å². The summed E-state index contributed by atoms with van der Waals surface area (Å²) in [4.78, 5) is 4.00. The van der Waals surface area contributed by atoms with E-state index < -0.39 is 0 Å². The van der Waals surface area contributed by atoms with Crippen molar-refractivity contribution < 1.29 is 0 Å². The van der Waals surface area contributed by atoms with Gasteiger partial charge in [0, 0.05) is 25.5 Å². The van der Waals surface area contributed by atoms with Gasteiger partial charge in [-0.3, -0.25) is 9.29 Å². The van der Waals surface area contributed by atoms with Crippen LogP contribution in [0.4, 0.5) is 0 Å². The van der Waals surface area contributed by atoms with Gasteiger partial charge in [0.15, 0.2) is 0 Å². The maximum absolute atomic E-state index is 4.32. The molecule has 12 heavy (non-hydrogen) atoms. The lowest BCUT2D eigenvalue weighted by Crippen LogP contribution is -2.06. The summed E-state index contributed by atoms with van der Waals surface area (Å²) in [6.45, 7) is 2.16. The number of thiol groups is 1. The zero-order chi connectivity index (χ0) is 8.39. The van der Waals surface area contributed by atoms with Crippen molar-refractivity contribution in [2.45, 2.75) is 12.3 Å². The lowest BCUT2D eigenvalue weighted by Gasteiger charge is -2.08. The third-order valence-electron chi connectivity index (χ3n) is 2.34. The van der Waals surface area contributed by atoms with Gasteiger partial charge in [-0.1, -0.05) is 12.8 Å². The number of aromatic nitrogens is 1. The number of nitrogens with zero attached hydrogens (tertiary/aromatic N) is 2. The van der Waals surface area contributed by atoms with E-state index in [9.17, 15) is 0 Å². The molecular formula is C9H12N2S. The van der Waals surface area contributed by atoms with Gasteiger partial charge in [-0.25, -0.2) is 0 Å². The first kappa shape index (κ1) is 8.08. The molecule has 3 heteroatoms. The van der Waals surface area contributed by atoms with Gasteiger partial charge in [0.05, 0.1) is 0 Å². The summed E-state index contributed by atoms with van der Waals surface area (Å²) in [7, 11) is 0. The first-order valence-corrected chi connectivity index (χ1v) is 4.60. The molecule has 1 saturated heterocycles. The largest absolute Gasteiger partial charge is 0.265 e. The van der Waals surface area contributed by atoms with Crippen LogP contribution in [0.2, 0.25) is 0 Å². The predicted octanol–water partition coefficient (Wildman–Crippen LogP) is 1.72. The van der Waals surface area contributed by atoms with Crippen LogP contribution >= 0.6 is 12.8 Å². The normalized spacial score (nSPS) is 24.6. The average molecular weight is 180 g/mol. The van der Waals surface area contributed by atoms with Crippen LogP contribution < -0.4 is 0 Å². The van der Waals surface area contributed by atoms with Gasteiger partial charge in [-0.2, -0.15) is 0 Å². The molecule has 0 bridgehead atoms. The van der Waals surface area contributed by atoms with E-state index >= 15 is 0 Å². The van der Waals surface area contributed by atoms with Crippen LogP contribution in [0.3, 0.4) is 0 Å². The molecule has 1 unspecified atom stereocenters. The Kier molecular flexibility index (Phi) is 2.33. The molecule has 0 amide bonds. The smallest absolute Gasteiger partial charge is 0.0270 e. The zero-order valence-corrected chi connectivity index (χ0v) is 7.74. The van der Waals surface area contributed by atoms with E-state index in [0.29, 0.717) is 5.92 Å². The highest BCUT2D eigenvalue weighted by molar-refractivity contribution is 7.77. The lowest BCUT2D eigenvalue weighted by atomic mass is 10.0. The topological polar surface area (TPSA) is 16.1 Å². The average Bonchev–Trinajstić information content (AvgIpc) is 2.54. The maximum Gasteiger partial charge on any atom is 0.0270 e. The summed E-state index contributed by atoms with van der Waals surface area (Å²) < 4.78 is 2.07. The molecule has 1 atom stereocenters. The zero-order valence-electron chi connectivity index (χ0n) is 6.85. The van der Waals surface area contributed by atoms with Crippen LogP contribution in [0.1, 0.15) is 17.9 Å². The fourth-order valence-corrected chi connectivity index (χ4v) is 1.96. The van der Waals surface area contributed by atoms with Crippen molar-refractivity contribution in [3.05, 3.63) is 30.1 Å². The third kappa shape index (κ3) is 1.62. The van der Waals surface area contributed by atoms with Crippen LogP contribution in [-0.4, -0.2) is 22.4 Å². The number of hydrogen-bond donors (Lipinski definition) is 1. The van der Waals surface area contributed by atoms with Crippen LogP contribution in [-0.2, 0) is 0 Å². The number of hydrogen-bond acceptors (Lipinski definition) is 3. The van der Waals surface area contributed by atoms with E-state index in [1.54, 1.807) is 0 Å². The van der Waals surface area contributed by atoms with E-state index in [1.807, 2.05) is 12.4 Å². The Labute approximate surface area is 78.2 Å². The van der Waals surface area contributed by atoms with Gasteiger partial charge in [0.25, 0.3) is 0 Å². The summed E-state index contributed by atoms with van der Waals surface area (Å²) in [5.41, 5.74) is 1.39. The van der Waals surface area contributed by atoms with Crippen LogP contribution in [0.15, 0.2) is 24.5 Å². The molecule has 1 aromatic rings. The van der Waals surface area contributed by atoms with Crippen LogP contribution in [0.25, 0.3) is 0 Å². The van der Waals surface area contributed by atoms with E-state index in [-0.39, 0.29) is 0 Å². The predicted molar refractivity (Wildman–Crippen MR) is 52.2 cm³/mol. The molecule has 64 valence electrons. The molecule has 2 rings (SSSR count). The molecule has 1 aromatic heterocycles. The highest BCUT2D eigenvalue weighted by Crippen LogP contribution is 2.26. The minimum atomic E-state index is 0.658. The molecule has 1 fully saturated rings. The quantitative estimate of drug-likeness (QED) is 0.662. The van der Waals surface area contributed by atoms with E-state index in [4.69, 9.17) is 0 Å². The summed E-state index contributed by atoms with van der Waals surface area (Å²) in [6, 6.07) is 4.19. The lowest BCUT2D eigenvalue weighted by molar-refractivity contribution is 0.582. The van der Waals surface area contributed by atoms with E-state index in [1.165, 1.54) is 12.0 Å². The molecule has 0 N–H and O–H groups in total. The fraction of sp³-hybridized carbons (Fsp3) is 0.444. The van der Waals surface area contributed by atoms with Crippen molar-refractivity contribution in [2.24, 2.45) is 0 Å². The summed E-state index contributed by atoms with van der Waals surface area (Å²) >= 11 is 4.32. The van der Waals surface area contributed by atoms with Crippen molar-refractivity contribution in [1.29, 1.82) is 0 Å². The van der Waals surface area contributed by atoms with Gasteiger partial charge in [-0.15, -0.1) is 0 Å². The van der Waals surface area contributed by atoms with Gasteiger partial charge >= 0.3 is 0 Å². The van der Waals surface area contributed by atoms with Gasteiger partial charge in [0.1, 0.15) is 0 Å². The first-order chi connectivity index (χ1) is 5.86. The van der Waals surface area contributed by atoms with Crippen molar-refractivity contribution in [2.75, 3.05) is 13.1 Å². The Hall–Kier alpha value is -0.540. The third-order valence-corrected chi connectivity index (χ3v) is 2.71. The summed E-state index contributed by atoms with van der Waals surface area (Å²) in [6.07, 6.45) is 4.93. The molecule has 0 aliphatic carbocycles. The second-order valence-electron chi connectivity index (χ2n) is 3.18. The van der Waals surface area contributed by atoms with Crippen LogP contribution in [0, 0.1) is 0 Å². The second-order valence-corrected chi connectivity index (χ2v) is 3.74. The minimum Gasteiger partial charge on any atom is -0.265 e. The van der Waals surface area contributed by atoms with E-state index in [0.717, 1.165) is 13.1 Å². The molecule has 1 aliphatic heterocycles. The Morgan fingerprint density at radius 3 is 2.75 bits per heavy atom. The van der Waals surface area contributed by atoms with E-state index in [2.05, 4.69) is 34.2 Å². The molecule has 1 aliphatic rings. The maximum atomic E-state index is 4.32. The van der Waals surface area contributed by atoms with Crippen LogP contribution in [0.5, 0.6) is 0 Å². The molecule has 0 radical (unpaired) electrons. The monoisotopic (exact) mass is 180 g/mol. The van der Waals surface area contributed by atoms with Crippen molar-refractivity contribution in [3.8, 4) is 0 Å². The minimum absolute atomic E-state index is 0.658. The van der Waals surface area contributed by atoms with Gasteiger partial charge in [0.2, 0.25) is 0 Å². The summed E-state index contributed by atoms with van der Waals surface area (Å²) in [5.74, 6) is 0.658. The number of rotatable bonds is 1. The number of pyridine rings is 1. The van der Waals surface area contributed by atoms with Crippen molar-refractivity contribution in [3.63, 3.8) is 0 Å². The Bertz CT molecular complexity index is 250. The second kappa shape index (κ2) is 3.46. The Morgan fingerprint density at radius 1 is 1.42 bits per heavy atom. The highest BCUT2D eigenvalue weighted by atomic mass is 32.1. The first-order valence-electron chi connectivity index (χ1n) is 4.20. The highest BCUT2D eigenvalue weighted by Gasteiger charge is 2.21. The molecule has 2 heterocycles. The molecule has 0 saturated carbocycles. The summed E-state index contributed by atoms with van der Waals surface area (Å²) in [5, 5.41) is 0. The molecule has 0 spiro atoms. The van der Waals surface area contributed by atoms with Gasteiger partial charge < -0.3 is 0 Å². The molecule has 2 nitrogen and oxygen atoms in total. The standard InChI is InChI=1S/C9H12N2S/c12-11-6-3-9(7-11)8-1-4-10-5-2-8/h1-2,4-5,9,12H,3,6-7H2. The molecular weight excluding hydrogens is 168 g/mol. The fourth-order valence-electron chi connectivity index (χ4n) is 1.65.